The molecule has 7 nitrogen and oxygen atoms in total. The standard InChI is InChI=1S/C17H11F3N6OS/c1-8-12(13(21)27)15(25-14(24-8)16-23-4-5-28-16)26-7-10(17(18,19)20)9-2-3-22-6-11(9)26/h2-7H,1H3,(H2,21,27). The minimum atomic E-state index is -4.60. The fourth-order valence-corrected chi connectivity index (χ4v) is 3.49. The van der Waals surface area contributed by atoms with Gasteiger partial charge in [-0.3, -0.25) is 14.3 Å². The molecule has 0 unspecified atom stereocenters. The first-order valence-corrected chi connectivity index (χ1v) is 8.76. The average Bonchev–Trinajstić information content (AvgIpc) is 3.28. The fraction of sp³-hybridized carbons (Fsp3) is 0.118. The Morgan fingerprint density at radius 2 is 2.04 bits per heavy atom. The smallest absolute Gasteiger partial charge is 0.365 e. The number of alkyl halides is 3. The molecule has 11 heteroatoms. The lowest BCUT2D eigenvalue weighted by atomic mass is 10.2. The number of primary amides is 1. The van der Waals surface area contributed by atoms with Gasteiger partial charge in [-0.1, -0.05) is 0 Å². The molecule has 2 N–H and O–H groups in total. The molecule has 0 spiro atoms. The number of fused-ring (bicyclic) bond motifs is 1. The first-order chi connectivity index (χ1) is 13.3. The summed E-state index contributed by atoms with van der Waals surface area (Å²) in [6.07, 6.45) is 0.375. The zero-order valence-corrected chi connectivity index (χ0v) is 15.0. The van der Waals surface area contributed by atoms with Gasteiger partial charge in [0.2, 0.25) is 0 Å². The highest BCUT2D eigenvalue weighted by Crippen LogP contribution is 2.37. The summed E-state index contributed by atoms with van der Waals surface area (Å²) in [5.41, 5.74) is 4.91. The number of carbonyl (C=O) groups is 1. The summed E-state index contributed by atoms with van der Waals surface area (Å²) in [6, 6.07) is 1.26. The highest BCUT2D eigenvalue weighted by Gasteiger charge is 2.35. The van der Waals surface area contributed by atoms with Crippen LogP contribution in [-0.4, -0.2) is 30.4 Å². The van der Waals surface area contributed by atoms with Crippen molar-refractivity contribution in [2.75, 3.05) is 0 Å². The first-order valence-electron chi connectivity index (χ1n) is 7.88. The molecular formula is C17H11F3N6OS. The van der Waals surface area contributed by atoms with Crippen molar-refractivity contribution >= 4 is 28.1 Å². The zero-order chi connectivity index (χ0) is 20.1. The molecular weight excluding hydrogens is 393 g/mol. The number of thiazole rings is 1. The highest BCUT2D eigenvalue weighted by atomic mass is 32.1. The summed E-state index contributed by atoms with van der Waals surface area (Å²) in [5.74, 6) is -0.719. The Morgan fingerprint density at radius 1 is 1.25 bits per heavy atom. The second-order valence-corrected chi connectivity index (χ2v) is 6.73. The lowest BCUT2D eigenvalue weighted by molar-refractivity contribution is -0.136. The van der Waals surface area contributed by atoms with Crippen LogP contribution in [0.3, 0.4) is 0 Å². The number of aromatic nitrogens is 5. The molecule has 4 heterocycles. The van der Waals surface area contributed by atoms with Gasteiger partial charge in [-0.25, -0.2) is 15.0 Å². The molecule has 0 saturated carbocycles. The maximum Gasteiger partial charge on any atom is 0.418 e. The van der Waals surface area contributed by atoms with E-state index in [1.807, 2.05) is 0 Å². The SMILES string of the molecule is Cc1nc(-c2nccs2)nc(-n2cc(C(F)(F)F)c3ccncc32)c1C(N)=O. The lowest BCUT2D eigenvalue weighted by Gasteiger charge is -2.12. The van der Waals surface area contributed by atoms with E-state index >= 15 is 0 Å². The molecule has 0 aliphatic carbocycles. The van der Waals surface area contributed by atoms with Crippen molar-refractivity contribution in [2.24, 2.45) is 5.73 Å². The minimum Gasteiger partial charge on any atom is -0.365 e. The normalized spacial score (nSPS) is 11.9. The number of amides is 1. The Labute approximate surface area is 159 Å². The molecule has 0 aliphatic heterocycles. The number of nitrogens with zero attached hydrogens (tertiary/aromatic N) is 5. The zero-order valence-electron chi connectivity index (χ0n) is 14.2. The Balaban J connectivity index is 2.08. The molecule has 0 bridgehead atoms. The molecule has 4 aromatic heterocycles. The van der Waals surface area contributed by atoms with E-state index in [0.717, 1.165) is 10.8 Å². The maximum atomic E-state index is 13.5. The van der Waals surface area contributed by atoms with Crippen molar-refractivity contribution in [2.45, 2.75) is 13.1 Å². The van der Waals surface area contributed by atoms with Gasteiger partial charge in [0.1, 0.15) is 5.56 Å². The lowest BCUT2D eigenvalue weighted by Crippen LogP contribution is -2.19. The van der Waals surface area contributed by atoms with E-state index in [9.17, 15) is 18.0 Å². The fourth-order valence-electron chi connectivity index (χ4n) is 2.93. The minimum absolute atomic E-state index is 0.0568. The van der Waals surface area contributed by atoms with Crippen LogP contribution < -0.4 is 5.73 Å². The molecule has 0 atom stereocenters. The van der Waals surface area contributed by atoms with E-state index in [1.54, 1.807) is 11.6 Å². The number of aryl methyl sites for hydroxylation is 1. The molecule has 0 fully saturated rings. The predicted octanol–water partition coefficient (Wildman–Crippen LogP) is 3.37. The predicted molar refractivity (Wildman–Crippen MR) is 96.0 cm³/mol. The van der Waals surface area contributed by atoms with Crippen LogP contribution in [0.2, 0.25) is 0 Å². The van der Waals surface area contributed by atoms with Gasteiger partial charge in [0.25, 0.3) is 5.91 Å². The Kier molecular flexibility index (Phi) is 4.11. The highest BCUT2D eigenvalue weighted by molar-refractivity contribution is 7.13. The summed E-state index contributed by atoms with van der Waals surface area (Å²) in [6.45, 7) is 1.54. The molecule has 0 aromatic carbocycles. The van der Waals surface area contributed by atoms with Gasteiger partial charge in [0, 0.05) is 29.4 Å². The number of rotatable bonds is 3. The Bertz CT molecular complexity index is 1200. The van der Waals surface area contributed by atoms with Gasteiger partial charge in [-0.15, -0.1) is 11.3 Å². The van der Waals surface area contributed by atoms with Crippen molar-refractivity contribution in [3.8, 4) is 16.6 Å². The largest absolute Gasteiger partial charge is 0.418 e. The third-order valence-corrected chi connectivity index (χ3v) is 4.85. The van der Waals surface area contributed by atoms with Crippen LogP contribution in [0.25, 0.3) is 27.6 Å². The van der Waals surface area contributed by atoms with Crippen molar-refractivity contribution in [3.63, 3.8) is 0 Å². The van der Waals surface area contributed by atoms with E-state index < -0.39 is 17.6 Å². The van der Waals surface area contributed by atoms with Gasteiger partial charge < -0.3 is 5.73 Å². The molecule has 4 aromatic rings. The summed E-state index contributed by atoms with van der Waals surface area (Å²) in [5, 5.41) is 2.11. The summed E-state index contributed by atoms with van der Waals surface area (Å²) < 4.78 is 41.7. The molecule has 0 saturated heterocycles. The van der Waals surface area contributed by atoms with E-state index in [1.165, 1.54) is 36.7 Å². The Hall–Kier alpha value is -3.34. The second kappa shape index (κ2) is 6.37. The number of pyridine rings is 1. The van der Waals surface area contributed by atoms with Crippen molar-refractivity contribution < 1.29 is 18.0 Å². The van der Waals surface area contributed by atoms with Crippen LogP contribution in [0.5, 0.6) is 0 Å². The maximum absolute atomic E-state index is 13.5. The summed E-state index contributed by atoms with van der Waals surface area (Å²) >= 11 is 1.26. The van der Waals surface area contributed by atoms with E-state index in [4.69, 9.17) is 5.73 Å². The number of halogens is 3. The second-order valence-electron chi connectivity index (χ2n) is 5.84. The number of carbonyl (C=O) groups excluding carboxylic acids is 1. The van der Waals surface area contributed by atoms with Crippen LogP contribution in [0.1, 0.15) is 21.6 Å². The average molecular weight is 404 g/mol. The van der Waals surface area contributed by atoms with Gasteiger partial charge >= 0.3 is 6.18 Å². The van der Waals surface area contributed by atoms with Gasteiger partial charge in [-0.2, -0.15) is 13.2 Å². The number of hydrogen-bond acceptors (Lipinski definition) is 6. The quantitative estimate of drug-likeness (QED) is 0.564. The molecule has 0 radical (unpaired) electrons. The molecule has 0 aliphatic rings. The van der Waals surface area contributed by atoms with Crippen LogP contribution in [-0.2, 0) is 6.18 Å². The summed E-state index contributed by atoms with van der Waals surface area (Å²) in [7, 11) is 0. The van der Waals surface area contributed by atoms with E-state index in [-0.39, 0.29) is 33.8 Å². The third kappa shape index (κ3) is 2.89. The molecule has 142 valence electrons. The molecule has 1 amide bonds. The third-order valence-electron chi connectivity index (χ3n) is 4.08. The number of hydrogen-bond donors (Lipinski definition) is 1. The van der Waals surface area contributed by atoms with Gasteiger partial charge in [-0.05, 0) is 13.0 Å². The van der Waals surface area contributed by atoms with E-state index in [2.05, 4.69) is 19.9 Å². The van der Waals surface area contributed by atoms with Crippen molar-refractivity contribution in [1.82, 2.24) is 24.5 Å². The topological polar surface area (TPSA) is 99.6 Å². The van der Waals surface area contributed by atoms with Crippen molar-refractivity contribution in [1.29, 1.82) is 0 Å². The van der Waals surface area contributed by atoms with E-state index in [0.29, 0.717) is 5.01 Å². The van der Waals surface area contributed by atoms with Gasteiger partial charge in [0.15, 0.2) is 16.6 Å². The molecule has 28 heavy (non-hydrogen) atoms. The van der Waals surface area contributed by atoms with Crippen LogP contribution in [0, 0.1) is 6.92 Å². The van der Waals surface area contributed by atoms with Crippen LogP contribution >= 0.6 is 11.3 Å². The van der Waals surface area contributed by atoms with Gasteiger partial charge in [0.05, 0.1) is 23.0 Å². The number of nitrogens with two attached hydrogens (primary N) is 1. The molecule has 4 rings (SSSR count). The monoisotopic (exact) mass is 404 g/mol. The van der Waals surface area contributed by atoms with Crippen molar-refractivity contribution in [3.05, 3.63) is 53.1 Å². The first kappa shape index (κ1) is 18.0. The Morgan fingerprint density at radius 3 is 2.68 bits per heavy atom. The van der Waals surface area contributed by atoms with Crippen LogP contribution in [0.4, 0.5) is 13.2 Å². The summed E-state index contributed by atoms with van der Waals surface area (Å²) in [4.78, 5) is 28.6. The van der Waals surface area contributed by atoms with Crippen LogP contribution in [0.15, 0.2) is 36.2 Å².